The molecule has 0 aliphatic rings. The summed E-state index contributed by atoms with van der Waals surface area (Å²) in [5.41, 5.74) is 0.487. The number of rotatable bonds is 6. The van der Waals surface area contributed by atoms with E-state index in [0.717, 1.165) is 7.11 Å². The van der Waals surface area contributed by atoms with Gasteiger partial charge in [-0.1, -0.05) is 19.1 Å². The Hall–Kier alpha value is -2.25. The molecule has 128 valence electrons. The molecule has 0 aromatic heterocycles. The van der Waals surface area contributed by atoms with E-state index >= 15 is 0 Å². The largest absolute Gasteiger partial charge is 0.497 e. The molecule has 1 rings (SSSR count). The van der Waals surface area contributed by atoms with Crippen molar-refractivity contribution in [2.24, 2.45) is 5.92 Å². The number of benzene rings is 1. The molecule has 1 aromatic carbocycles. The molecule has 0 saturated carbocycles. The highest BCUT2D eigenvalue weighted by Gasteiger charge is 2.43. The van der Waals surface area contributed by atoms with Crippen molar-refractivity contribution in [3.05, 3.63) is 29.8 Å². The van der Waals surface area contributed by atoms with Crippen molar-refractivity contribution in [2.75, 3.05) is 20.8 Å². The van der Waals surface area contributed by atoms with Crippen LogP contribution in [0.2, 0.25) is 0 Å². The third kappa shape index (κ3) is 5.46. The van der Waals surface area contributed by atoms with E-state index in [0.29, 0.717) is 16.2 Å². The van der Waals surface area contributed by atoms with Gasteiger partial charge in [0.2, 0.25) is 0 Å². The Bertz CT molecular complexity index is 543. The summed E-state index contributed by atoms with van der Waals surface area (Å²) in [6.45, 7) is 0.733. The molecule has 1 unspecified atom stereocenters. The van der Waals surface area contributed by atoms with Crippen molar-refractivity contribution >= 4 is 11.9 Å². The summed E-state index contributed by atoms with van der Waals surface area (Å²) in [6, 6.07) is 6.27. The average Bonchev–Trinajstić information content (AvgIpc) is 2.52. The fourth-order valence-corrected chi connectivity index (χ4v) is 1.96. The number of ether oxygens (including phenoxy) is 2. The second-order valence-electron chi connectivity index (χ2n) is 4.96. The van der Waals surface area contributed by atoms with Gasteiger partial charge in [0.1, 0.15) is 5.75 Å². The zero-order chi connectivity index (χ0) is 17.6. The molecule has 1 aromatic rings. The standard InChI is InChI=1S/C15H18F3NO4/c1-10(13(20)23-3)8-19(14(21)15(16,17)18)9-11-4-6-12(22-2)7-5-11/h4-7,10H,8-9H2,1-3H3. The number of hydrogen-bond acceptors (Lipinski definition) is 4. The van der Waals surface area contributed by atoms with Crippen molar-refractivity contribution in [3.8, 4) is 5.75 Å². The zero-order valence-corrected chi connectivity index (χ0v) is 13.0. The number of methoxy groups -OCH3 is 2. The van der Waals surface area contributed by atoms with Crippen molar-refractivity contribution in [1.29, 1.82) is 0 Å². The van der Waals surface area contributed by atoms with Gasteiger partial charge < -0.3 is 14.4 Å². The fraction of sp³-hybridized carbons (Fsp3) is 0.467. The number of amides is 1. The van der Waals surface area contributed by atoms with Crippen LogP contribution in [0.3, 0.4) is 0 Å². The highest BCUT2D eigenvalue weighted by atomic mass is 19.4. The molecule has 0 heterocycles. The minimum absolute atomic E-state index is 0.274. The van der Waals surface area contributed by atoms with Crippen LogP contribution in [0.25, 0.3) is 0 Å². The number of esters is 1. The Morgan fingerprint density at radius 3 is 2.17 bits per heavy atom. The molecule has 0 aliphatic carbocycles. The molecule has 23 heavy (non-hydrogen) atoms. The van der Waals surface area contributed by atoms with Gasteiger partial charge in [0.05, 0.1) is 20.1 Å². The van der Waals surface area contributed by atoms with Crippen LogP contribution in [-0.2, 0) is 20.9 Å². The van der Waals surface area contributed by atoms with Crippen molar-refractivity contribution in [1.82, 2.24) is 4.90 Å². The first kappa shape index (κ1) is 18.8. The highest BCUT2D eigenvalue weighted by molar-refractivity contribution is 5.82. The van der Waals surface area contributed by atoms with Crippen LogP contribution in [-0.4, -0.2) is 43.7 Å². The molecule has 8 heteroatoms. The molecule has 5 nitrogen and oxygen atoms in total. The predicted octanol–water partition coefficient (Wildman–Crippen LogP) is 2.40. The quantitative estimate of drug-likeness (QED) is 0.750. The molecule has 0 aliphatic heterocycles. The van der Waals surface area contributed by atoms with E-state index < -0.39 is 30.5 Å². The Morgan fingerprint density at radius 2 is 1.74 bits per heavy atom. The van der Waals surface area contributed by atoms with Crippen LogP contribution < -0.4 is 4.74 Å². The summed E-state index contributed by atoms with van der Waals surface area (Å²) < 4.78 is 47.6. The summed E-state index contributed by atoms with van der Waals surface area (Å²) in [6.07, 6.45) is -5.01. The normalized spacial score (nSPS) is 12.4. The predicted molar refractivity (Wildman–Crippen MR) is 75.6 cm³/mol. The molecule has 0 N–H and O–H groups in total. The number of halogens is 3. The molecule has 1 atom stereocenters. The van der Waals surface area contributed by atoms with Crippen molar-refractivity contribution < 1.29 is 32.2 Å². The minimum Gasteiger partial charge on any atom is -0.497 e. The number of carbonyl (C=O) groups is 2. The van der Waals surface area contributed by atoms with Gasteiger partial charge in [-0.15, -0.1) is 0 Å². The molecule has 0 saturated heterocycles. The van der Waals surface area contributed by atoms with Gasteiger partial charge in [0, 0.05) is 13.1 Å². The highest BCUT2D eigenvalue weighted by Crippen LogP contribution is 2.22. The lowest BCUT2D eigenvalue weighted by molar-refractivity contribution is -0.187. The van der Waals surface area contributed by atoms with Gasteiger partial charge in [-0.2, -0.15) is 13.2 Å². The lowest BCUT2D eigenvalue weighted by atomic mass is 10.1. The first-order valence-electron chi connectivity index (χ1n) is 6.76. The smallest absolute Gasteiger partial charge is 0.471 e. The molecule has 0 bridgehead atoms. The van der Waals surface area contributed by atoms with E-state index in [-0.39, 0.29) is 6.54 Å². The Balaban J connectivity index is 2.94. The molecular formula is C15H18F3NO4. The minimum atomic E-state index is -5.01. The molecule has 0 radical (unpaired) electrons. The van der Waals surface area contributed by atoms with E-state index in [4.69, 9.17) is 4.74 Å². The van der Waals surface area contributed by atoms with Gasteiger partial charge >= 0.3 is 18.1 Å². The Labute approximate surface area is 132 Å². The summed E-state index contributed by atoms with van der Waals surface area (Å²) >= 11 is 0. The van der Waals surface area contributed by atoms with Gasteiger partial charge in [0.15, 0.2) is 0 Å². The second kappa shape index (κ2) is 7.85. The summed E-state index contributed by atoms with van der Waals surface area (Å²) in [5, 5.41) is 0. The van der Waals surface area contributed by atoms with Gasteiger partial charge in [-0.3, -0.25) is 9.59 Å². The van der Waals surface area contributed by atoms with Gasteiger partial charge in [0.25, 0.3) is 0 Å². The summed E-state index contributed by atoms with van der Waals surface area (Å²) in [4.78, 5) is 23.5. The summed E-state index contributed by atoms with van der Waals surface area (Å²) in [5.74, 6) is -3.00. The number of nitrogens with zero attached hydrogens (tertiary/aromatic N) is 1. The monoisotopic (exact) mass is 333 g/mol. The first-order chi connectivity index (χ1) is 10.7. The van der Waals surface area contributed by atoms with Gasteiger partial charge in [-0.05, 0) is 17.7 Å². The maximum atomic E-state index is 12.7. The van der Waals surface area contributed by atoms with Crippen LogP contribution in [0.15, 0.2) is 24.3 Å². The van der Waals surface area contributed by atoms with E-state index in [1.807, 2.05) is 0 Å². The number of carbonyl (C=O) groups excluding carboxylic acids is 2. The van der Waals surface area contributed by atoms with Crippen LogP contribution >= 0.6 is 0 Å². The van der Waals surface area contributed by atoms with E-state index in [1.54, 1.807) is 24.3 Å². The SMILES string of the molecule is COC(=O)C(C)CN(Cc1ccc(OC)cc1)C(=O)C(F)(F)F. The van der Waals surface area contributed by atoms with Gasteiger partial charge in [-0.25, -0.2) is 0 Å². The zero-order valence-electron chi connectivity index (χ0n) is 13.0. The molecular weight excluding hydrogens is 315 g/mol. The lowest BCUT2D eigenvalue weighted by Gasteiger charge is -2.26. The van der Waals surface area contributed by atoms with E-state index in [9.17, 15) is 22.8 Å². The molecule has 1 amide bonds. The number of alkyl halides is 3. The molecule has 0 spiro atoms. The van der Waals surface area contributed by atoms with Crippen molar-refractivity contribution in [3.63, 3.8) is 0 Å². The van der Waals surface area contributed by atoms with E-state index in [2.05, 4.69) is 4.74 Å². The third-order valence-corrected chi connectivity index (χ3v) is 3.16. The van der Waals surface area contributed by atoms with Crippen LogP contribution in [0.5, 0.6) is 5.75 Å². The van der Waals surface area contributed by atoms with Crippen LogP contribution in [0, 0.1) is 5.92 Å². The first-order valence-corrected chi connectivity index (χ1v) is 6.76. The van der Waals surface area contributed by atoms with Crippen molar-refractivity contribution in [2.45, 2.75) is 19.6 Å². The molecule has 0 fully saturated rings. The fourth-order valence-electron chi connectivity index (χ4n) is 1.96. The Kier molecular flexibility index (Phi) is 6.41. The topological polar surface area (TPSA) is 55.8 Å². The lowest BCUT2D eigenvalue weighted by Crippen LogP contribution is -2.44. The Morgan fingerprint density at radius 1 is 1.17 bits per heavy atom. The van der Waals surface area contributed by atoms with Crippen LogP contribution in [0.1, 0.15) is 12.5 Å². The summed E-state index contributed by atoms with van der Waals surface area (Å²) in [7, 11) is 2.60. The maximum absolute atomic E-state index is 12.7. The van der Waals surface area contributed by atoms with Crippen LogP contribution in [0.4, 0.5) is 13.2 Å². The number of hydrogen-bond donors (Lipinski definition) is 0. The van der Waals surface area contributed by atoms with E-state index in [1.165, 1.54) is 14.0 Å². The average molecular weight is 333 g/mol. The third-order valence-electron chi connectivity index (χ3n) is 3.16. The maximum Gasteiger partial charge on any atom is 0.471 e. The second-order valence-corrected chi connectivity index (χ2v) is 4.96.